The van der Waals surface area contributed by atoms with Crippen molar-refractivity contribution in [3.63, 3.8) is 0 Å². The third-order valence-corrected chi connectivity index (χ3v) is 3.54. The van der Waals surface area contributed by atoms with Gasteiger partial charge in [-0.2, -0.15) is 18.3 Å². The number of aromatic amines is 1. The SMILES string of the molecule is O=C(O)C(F)(F)F.c1coc(Cn2cc(-c3ccnc4[nH]ccc34)cn2)c1. The molecule has 10 heteroatoms. The number of H-pyrrole nitrogens is 1. The van der Waals surface area contributed by atoms with Crippen molar-refractivity contribution in [1.82, 2.24) is 19.7 Å². The van der Waals surface area contributed by atoms with E-state index in [0.717, 1.165) is 27.9 Å². The van der Waals surface area contributed by atoms with Gasteiger partial charge in [0, 0.05) is 29.5 Å². The molecule has 0 atom stereocenters. The van der Waals surface area contributed by atoms with Gasteiger partial charge in [0.25, 0.3) is 0 Å². The second-order valence-corrected chi connectivity index (χ2v) is 5.41. The maximum Gasteiger partial charge on any atom is 0.490 e. The second-order valence-electron chi connectivity index (χ2n) is 5.41. The van der Waals surface area contributed by atoms with Crippen molar-refractivity contribution < 1.29 is 27.5 Å². The molecule has 140 valence electrons. The topological polar surface area (TPSA) is 96.9 Å². The van der Waals surface area contributed by atoms with Gasteiger partial charge in [-0.15, -0.1) is 0 Å². The predicted molar refractivity (Wildman–Crippen MR) is 88.8 cm³/mol. The third-order valence-electron chi connectivity index (χ3n) is 3.54. The molecule has 0 spiro atoms. The number of nitrogens with zero attached hydrogens (tertiary/aromatic N) is 3. The Morgan fingerprint density at radius 3 is 2.74 bits per heavy atom. The predicted octanol–water partition coefficient (Wildman–Crippen LogP) is 3.70. The van der Waals surface area contributed by atoms with Crippen LogP contribution in [0.25, 0.3) is 22.2 Å². The number of aliphatic carboxylic acids is 1. The molecule has 4 aromatic rings. The van der Waals surface area contributed by atoms with Crippen molar-refractivity contribution in [1.29, 1.82) is 0 Å². The minimum Gasteiger partial charge on any atom is -0.475 e. The number of carboxylic acid groups (broad SMARTS) is 1. The molecule has 0 aromatic carbocycles. The van der Waals surface area contributed by atoms with Gasteiger partial charge in [0.15, 0.2) is 0 Å². The highest BCUT2D eigenvalue weighted by Crippen LogP contribution is 2.26. The summed E-state index contributed by atoms with van der Waals surface area (Å²) in [6, 6.07) is 7.86. The van der Waals surface area contributed by atoms with Crippen molar-refractivity contribution in [2.24, 2.45) is 0 Å². The molecular formula is C17H13F3N4O3. The van der Waals surface area contributed by atoms with Crippen LogP contribution in [0.2, 0.25) is 0 Å². The number of hydrogen-bond acceptors (Lipinski definition) is 4. The summed E-state index contributed by atoms with van der Waals surface area (Å²) >= 11 is 0. The molecule has 0 radical (unpaired) electrons. The molecule has 0 bridgehead atoms. The first-order valence-corrected chi connectivity index (χ1v) is 7.62. The Bertz CT molecular complexity index is 1040. The van der Waals surface area contributed by atoms with Crippen LogP contribution in [0.15, 0.2) is 59.7 Å². The van der Waals surface area contributed by atoms with E-state index < -0.39 is 12.1 Å². The van der Waals surface area contributed by atoms with E-state index in [-0.39, 0.29) is 0 Å². The number of alkyl halides is 3. The lowest BCUT2D eigenvalue weighted by Gasteiger charge is -1.99. The standard InChI is InChI=1S/C15H12N4O.C2HF3O2/c1-2-12(20-7-1)10-19-9-11(8-18-19)13-3-5-16-15-14(13)4-6-17-15;3-2(4,5)1(6)7/h1-9H,10H2,(H,16,17);(H,6,7). The van der Waals surface area contributed by atoms with Gasteiger partial charge in [-0.25, -0.2) is 9.78 Å². The molecule has 0 saturated carbocycles. The van der Waals surface area contributed by atoms with Gasteiger partial charge in [-0.3, -0.25) is 4.68 Å². The van der Waals surface area contributed by atoms with Crippen LogP contribution < -0.4 is 0 Å². The quantitative estimate of drug-likeness (QED) is 0.567. The number of pyridine rings is 1. The van der Waals surface area contributed by atoms with Crippen LogP contribution in [-0.2, 0) is 11.3 Å². The van der Waals surface area contributed by atoms with E-state index in [1.165, 1.54) is 0 Å². The summed E-state index contributed by atoms with van der Waals surface area (Å²) in [6.07, 6.45) is 4.17. The van der Waals surface area contributed by atoms with E-state index in [9.17, 15) is 13.2 Å². The molecule has 2 N–H and O–H groups in total. The number of hydrogen-bond donors (Lipinski definition) is 2. The minimum atomic E-state index is -5.08. The average molecular weight is 378 g/mol. The number of furan rings is 1. The highest BCUT2D eigenvalue weighted by molar-refractivity contribution is 5.92. The zero-order valence-corrected chi connectivity index (χ0v) is 13.6. The lowest BCUT2D eigenvalue weighted by molar-refractivity contribution is -0.192. The van der Waals surface area contributed by atoms with E-state index in [1.807, 2.05) is 47.5 Å². The van der Waals surface area contributed by atoms with Crippen LogP contribution in [0.5, 0.6) is 0 Å². The molecule has 4 rings (SSSR count). The summed E-state index contributed by atoms with van der Waals surface area (Å²) in [6.45, 7) is 0.633. The molecule has 27 heavy (non-hydrogen) atoms. The van der Waals surface area contributed by atoms with Gasteiger partial charge >= 0.3 is 12.1 Å². The molecular weight excluding hydrogens is 365 g/mol. The summed E-state index contributed by atoms with van der Waals surface area (Å²) < 4.78 is 38.9. The zero-order chi connectivity index (χ0) is 19.4. The number of nitrogens with one attached hydrogen (secondary N) is 1. The van der Waals surface area contributed by atoms with Crippen LogP contribution in [-0.4, -0.2) is 37.0 Å². The number of fused-ring (bicyclic) bond motifs is 1. The molecule has 0 fully saturated rings. The second kappa shape index (κ2) is 7.36. The fourth-order valence-electron chi connectivity index (χ4n) is 2.36. The van der Waals surface area contributed by atoms with Gasteiger partial charge in [0.1, 0.15) is 11.4 Å². The smallest absolute Gasteiger partial charge is 0.475 e. The Morgan fingerprint density at radius 2 is 2.07 bits per heavy atom. The number of halogens is 3. The van der Waals surface area contributed by atoms with Crippen molar-refractivity contribution >= 4 is 17.0 Å². The van der Waals surface area contributed by atoms with Crippen LogP contribution in [0.3, 0.4) is 0 Å². The van der Waals surface area contributed by atoms with Gasteiger partial charge in [0.05, 0.1) is 19.0 Å². The average Bonchev–Trinajstić information content (AvgIpc) is 3.36. The van der Waals surface area contributed by atoms with Gasteiger partial charge in [-0.05, 0) is 29.8 Å². The molecule has 0 unspecified atom stereocenters. The first-order valence-electron chi connectivity index (χ1n) is 7.62. The summed E-state index contributed by atoms with van der Waals surface area (Å²) in [5, 5.41) is 12.6. The van der Waals surface area contributed by atoms with E-state index >= 15 is 0 Å². The number of rotatable bonds is 3. The largest absolute Gasteiger partial charge is 0.490 e. The lowest BCUT2D eigenvalue weighted by Crippen LogP contribution is -2.21. The number of aromatic nitrogens is 4. The monoisotopic (exact) mass is 378 g/mol. The molecule has 7 nitrogen and oxygen atoms in total. The highest BCUT2D eigenvalue weighted by Gasteiger charge is 2.38. The molecule has 4 heterocycles. The fourth-order valence-corrected chi connectivity index (χ4v) is 2.36. The highest BCUT2D eigenvalue weighted by atomic mass is 19.4. The Morgan fingerprint density at radius 1 is 1.30 bits per heavy atom. The van der Waals surface area contributed by atoms with Crippen LogP contribution in [0.1, 0.15) is 5.76 Å². The van der Waals surface area contributed by atoms with Crippen molar-refractivity contribution in [3.05, 3.63) is 61.1 Å². The zero-order valence-electron chi connectivity index (χ0n) is 13.6. The minimum absolute atomic E-state index is 0.633. The molecule has 0 amide bonds. The van der Waals surface area contributed by atoms with Gasteiger partial charge in [-0.1, -0.05) is 0 Å². The van der Waals surface area contributed by atoms with Gasteiger partial charge < -0.3 is 14.5 Å². The van der Waals surface area contributed by atoms with Crippen LogP contribution in [0.4, 0.5) is 13.2 Å². The summed E-state index contributed by atoms with van der Waals surface area (Å²) in [5.41, 5.74) is 3.09. The van der Waals surface area contributed by atoms with Crippen LogP contribution >= 0.6 is 0 Å². The third kappa shape index (κ3) is 4.35. The van der Waals surface area contributed by atoms with E-state index in [4.69, 9.17) is 14.3 Å². The Hall–Kier alpha value is -3.56. The number of carbonyl (C=O) groups is 1. The number of carboxylic acids is 1. The Kier molecular flexibility index (Phi) is 4.97. The fraction of sp³-hybridized carbons (Fsp3) is 0.118. The Labute approximate surface area is 150 Å². The first kappa shape index (κ1) is 18.2. The maximum absolute atomic E-state index is 10.6. The molecule has 4 aromatic heterocycles. The first-order chi connectivity index (χ1) is 12.8. The normalized spacial score (nSPS) is 11.2. The summed E-state index contributed by atoms with van der Waals surface area (Å²) in [5.74, 6) is -1.87. The maximum atomic E-state index is 10.6. The molecule has 0 aliphatic carbocycles. The van der Waals surface area contributed by atoms with Crippen molar-refractivity contribution in [2.45, 2.75) is 12.7 Å². The van der Waals surface area contributed by atoms with Crippen molar-refractivity contribution in [2.75, 3.05) is 0 Å². The summed E-state index contributed by atoms with van der Waals surface area (Å²) in [4.78, 5) is 16.3. The molecule has 0 saturated heterocycles. The van der Waals surface area contributed by atoms with Gasteiger partial charge in [0.2, 0.25) is 0 Å². The van der Waals surface area contributed by atoms with E-state index in [1.54, 1.807) is 12.5 Å². The van der Waals surface area contributed by atoms with Crippen LogP contribution in [0, 0.1) is 0 Å². The van der Waals surface area contributed by atoms with E-state index in [2.05, 4.69) is 15.1 Å². The summed E-state index contributed by atoms with van der Waals surface area (Å²) in [7, 11) is 0. The van der Waals surface area contributed by atoms with E-state index in [0.29, 0.717) is 6.54 Å². The lowest BCUT2D eigenvalue weighted by atomic mass is 10.1. The molecule has 0 aliphatic rings. The Balaban J connectivity index is 0.000000260. The van der Waals surface area contributed by atoms with Crippen molar-refractivity contribution in [3.8, 4) is 11.1 Å². The molecule has 0 aliphatic heterocycles.